The van der Waals surface area contributed by atoms with E-state index >= 15 is 0 Å². The van der Waals surface area contributed by atoms with Gasteiger partial charge >= 0.3 is 0 Å². The number of aromatic nitrogens is 9. The van der Waals surface area contributed by atoms with Crippen LogP contribution in [0.3, 0.4) is 0 Å². The molecular formula is C103H61N9O2. The van der Waals surface area contributed by atoms with Gasteiger partial charge in [0.15, 0.2) is 23.3 Å². The highest BCUT2D eigenvalue weighted by molar-refractivity contribution is 6.31. The average molecular weight is 1460 g/mol. The van der Waals surface area contributed by atoms with Crippen LogP contribution in [0.25, 0.3) is 233 Å². The first-order chi connectivity index (χ1) is 56.5. The Morgan fingerprint density at radius 3 is 1.02 bits per heavy atom. The van der Waals surface area contributed by atoms with Crippen LogP contribution in [0.5, 0.6) is 0 Å². The molecule has 0 aliphatic carbocycles. The minimum absolute atomic E-state index is 0.550. The van der Waals surface area contributed by atoms with Crippen molar-refractivity contribution in [2.75, 3.05) is 0 Å². The maximum Gasteiger partial charge on any atom is 0.166 e. The van der Waals surface area contributed by atoms with Crippen LogP contribution in [0.1, 0.15) is 0 Å². The van der Waals surface area contributed by atoms with Gasteiger partial charge in [-0.3, -0.25) is 0 Å². The lowest BCUT2D eigenvalue weighted by Crippen LogP contribution is -2.03. The topological polar surface area (TPSA) is 110 Å². The molecule has 24 aromatic rings. The second kappa shape index (κ2) is 25.0. The molecule has 11 nitrogen and oxygen atoms in total. The third-order valence-electron chi connectivity index (χ3n) is 23.0. The zero-order chi connectivity index (χ0) is 74.6. The Morgan fingerprint density at radius 1 is 0.184 bits per heavy atom. The highest BCUT2D eigenvalue weighted by Gasteiger charge is 2.28. The van der Waals surface area contributed by atoms with Crippen LogP contribution >= 0.6 is 0 Å². The highest BCUT2D eigenvalue weighted by Crippen LogP contribution is 2.49. The van der Waals surface area contributed by atoms with Gasteiger partial charge in [0.25, 0.3) is 0 Å². The van der Waals surface area contributed by atoms with Crippen molar-refractivity contribution in [1.29, 1.82) is 0 Å². The minimum atomic E-state index is 0.550. The van der Waals surface area contributed by atoms with Crippen molar-refractivity contribution in [3.05, 3.63) is 370 Å². The predicted molar refractivity (Wildman–Crippen MR) is 465 cm³/mol. The number of nitrogens with zero attached hydrogens (tertiary/aromatic N) is 9. The number of benzene rings is 16. The summed E-state index contributed by atoms with van der Waals surface area (Å²) >= 11 is 0. The summed E-state index contributed by atoms with van der Waals surface area (Å²) in [7, 11) is 0. The van der Waals surface area contributed by atoms with Crippen LogP contribution in [0.4, 0.5) is 0 Å². The van der Waals surface area contributed by atoms with Crippen molar-refractivity contribution in [2.45, 2.75) is 0 Å². The van der Waals surface area contributed by atoms with Gasteiger partial charge in [-0.15, -0.1) is 0 Å². The fraction of sp³-hybridized carbons (Fsp3) is 0. The largest absolute Gasteiger partial charge is 0.455 e. The van der Waals surface area contributed by atoms with Crippen molar-refractivity contribution in [3.8, 4) is 102 Å². The SMILES string of the molecule is c1ccc(-c2cc(-c3ccccc3)nc(-c3ccc(-n4c5ccccc5c5c6oc7c(ccc8c7c7ccccc7n8-c7cccc(-c8cccc(-c9nc(-c%10ccccc%10)nc(-c%10ccccc%10-n%10c%11ccccc%11c%11c%12oc%13c(ccc%14c%13c%13ccccc%13n%14-c%13ccccc%13)c%12ccc%11%10)n9)c8)c7)c6ccc54)cc3)n2)cc1. The fourth-order valence-electron chi connectivity index (χ4n) is 18.0. The maximum absolute atomic E-state index is 7.44. The van der Waals surface area contributed by atoms with Gasteiger partial charge in [-0.1, -0.05) is 224 Å². The van der Waals surface area contributed by atoms with Crippen molar-refractivity contribution < 1.29 is 8.83 Å². The normalized spacial score (nSPS) is 12.0. The molecule has 0 radical (unpaired) electrons. The van der Waals surface area contributed by atoms with Crippen LogP contribution < -0.4 is 0 Å². The molecule has 0 spiro atoms. The number of fused-ring (bicyclic) bond motifs is 22. The van der Waals surface area contributed by atoms with Gasteiger partial charge in [-0.2, -0.15) is 0 Å². The molecule has 0 unspecified atom stereocenters. The molecule has 16 aromatic carbocycles. The number of hydrogen-bond donors (Lipinski definition) is 0. The second-order valence-corrected chi connectivity index (χ2v) is 29.4. The summed E-state index contributed by atoms with van der Waals surface area (Å²) in [6.45, 7) is 0. The molecule has 114 heavy (non-hydrogen) atoms. The molecule has 0 fully saturated rings. The Bertz CT molecular complexity index is 8030. The fourth-order valence-corrected chi connectivity index (χ4v) is 18.0. The third kappa shape index (κ3) is 9.66. The molecule has 11 heteroatoms. The summed E-state index contributed by atoms with van der Waals surface area (Å²) in [6.07, 6.45) is 0. The van der Waals surface area contributed by atoms with E-state index in [2.05, 4.69) is 334 Å². The van der Waals surface area contributed by atoms with E-state index < -0.39 is 0 Å². The first-order valence-electron chi connectivity index (χ1n) is 38.4. The van der Waals surface area contributed by atoms with Crippen LogP contribution in [0.15, 0.2) is 379 Å². The summed E-state index contributed by atoms with van der Waals surface area (Å²) in [4.78, 5) is 26.5. The molecule has 0 aliphatic rings. The molecule has 0 atom stereocenters. The van der Waals surface area contributed by atoms with Crippen LogP contribution in [-0.4, -0.2) is 43.2 Å². The van der Waals surface area contributed by atoms with E-state index in [1.54, 1.807) is 0 Å². The molecule has 0 saturated carbocycles. The molecule has 24 rings (SSSR count). The molecular weight excluding hydrogens is 1400 g/mol. The number of furan rings is 2. The minimum Gasteiger partial charge on any atom is -0.455 e. The van der Waals surface area contributed by atoms with Crippen molar-refractivity contribution in [3.63, 3.8) is 0 Å². The number of para-hydroxylation sites is 6. The van der Waals surface area contributed by atoms with E-state index in [4.69, 9.17) is 33.8 Å². The van der Waals surface area contributed by atoms with E-state index in [1.165, 1.54) is 0 Å². The van der Waals surface area contributed by atoms with Gasteiger partial charge in [0, 0.05) is 93.5 Å². The quantitative estimate of drug-likeness (QED) is 0.127. The molecule has 0 bridgehead atoms. The predicted octanol–water partition coefficient (Wildman–Crippen LogP) is 26.5. The maximum atomic E-state index is 7.44. The van der Waals surface area contributed by atoms with Crippen molar-refractivity contribution in [2.24, 2.45) is 0 Å². The zero-order valence-corrected chi connectivity index (χ0v) is 61.1. The Balaban J connectivity index is 0.603. The van der Waals surface area contributed by atoms with E-state index in [0.29, 0.717) is 23.3 Å². The van der Waals surface area contributed by atoms with Gasteiger partial charge in [0.05, 0.1) is 82.8 Å². The van der Waals surface area contributed by atoms with E-state index in [1.807, 2.05) is 54.6 Å². The lowest BCUT2D eigenvalue weighted by Gasteiger charge is -2.15. The van der Waals surface area contributed by atoms with E-state index in [0.717, 1.165) is 210 Å². The summed E-state index contributed by atoms with van der Waals surface area (Å²) in [5.74, 6) is 2.34. The Hall–Kier alpha value is -15.6. The average Bonchev–Trinajstić information content (AvgIpc) is 1.59. The van der Waals surface area contributed by atoms with Crippen LogP contribution in [-0.2, 0) is 0 Å². The van der Waals surface area contributed by atoms with E-state index in [-0.39, 0.29) is 0 Å². The molecule has 0 aliphatic heterocycles. The first-order valence-corrected chi connectivity index (χ1v) is 38.4. The first kappa shape index (κ1) is 63.3. The summed E-state index contributed by atoms with van der Waals surface area (Å²) in [5, 5.41) is 12.9. The Kier molecular flexibility index (Phi) is 13.9. The van der Waals surface area contributed by atoms with Crippen LogP contribution in [0.2, 0.25) is 0 Å². The van der Waals surface area contributed by atoms with Crippen molar-refractivity contribution >= 4 is 131 Å². The molecule has 8 aromatic heterocycles. The smallest absolute Gasteiger partial charge is 0.166 e. The molecule has 0 amide bonds. The van der Waals surface area contributed by atoms with Gasteiger partial charge in [0.2, 0.25) is 0 Å². The Morgan fingerprint density at radius 2 is 0.518 bits per heavy atom. The molecule has 0 N–H and O–H groups in total. The van der Waals surface area contributed by atoms with Crippen LogP contribution in [0, 0.1) is 0 Å². The lowest BCUT2D eigenvalue weighted by atomic mass is 10.0. The van der Waals surface area contributed by atoms with E-state index in [9.17, 15) is 0 Å². The summed E-state index contributed by atoms with van der Waals surface area (Å²) < 4.78 is 24.2. The van der Waals surface area contributed by atoms with Gasteiger partial charge < -0.3 is 27.1 Å². The number of rotatable bonds is 11. The van der Waals surface area contributed by atoms with Gasteiger partial charge in [0.1, 0.15) is 22.3 Å². The highest BCUT2D eigenvalue weighted by atomic mass is 16.3. The molecule has 8 heterocycles. The van der Waals surface area contributed by atoms with Gasteiger partial charge in [-0.05, 0) is 157 Å². The molecule has 530 valence electrons. The van der Waals surface area contributed by atoms with Gasteiger partial charge in [-0.25, -0.2) is 24.9 Å². The lowest BCUT2D eigenvalue weighted by molar-refractivity contribution is 0.676. The monoisotopic (exact) mass is 1460 g/mol. The zero-order valence-electron chi connectivity index (χ0n) is 61.1. The summed E-state index contributed by atoms with van der Waals surface area (Å²) in [6, 6.07) is 131. The summed E-state index contributed by atoms with van der Waals surface area (Å²) in [5.41, 5.74) is 25.4. The van der Waals surface area contributed by atoms with Crippen molar-refractivity contribution in [1.82, 2.24) is 43.2 Å². The number of hydrogen-bond acceptors (Lipinski definition) is 7. The third-order valence-corrected chi connectivity index (χ3v) is 23.0. The standard InChI is InChI=1S/C103H61N9O2/c1-5-25-62(26-6-1)81-61-82(63-27-7-2-8-28-63)105-100(104-81)65-47-49-70(50-48-65)110-84-43-19-14-38-77(84)93-89(110)56-52-72-74-53-57-90-94(98(74)113-97(72)93)78-39-15-20-44-85(78)111(90)71-36-24-32-67(60-71)66-31-23-33-68(59-66)102-106-101(64-29-9-3-10-30-64)107-103(108-102)80-41-17-22-46-87(80)112-86-45-21-16-40-79(86)95-91(112)58-54-75-73-51-55-88-92(96(73)114-99(75)95)76-37-13-18-42-83(76)109(88)69-34-11-4-12-35-69/h1-61H. The second-order valence-electron chi connectivity index (χ2n) is 29.4. The molecule has 0 saturated heterocycles. The Labute approximate surface area is 651 Å².